The van der Waals surface area contributed by atoms with Crippen molar-refractivity contribution in [2.75, 3.05) is 23.0 Å². The van der Waals surface area contributed by atoms with E-state index in [1.807, 2.05) is 30.3 Å². The molecule has 0 radical (unpaired) electrons. The second-order valence-electron chi connectivity index (χ2n) is 7.35. The summed E-state index contributed by atoms with van der Waals surface area (Å²) in [5.41, 5.74) is 0.367. The van der Waals surface area contributed by atoms with E-state index in [4.69, 9.17) is 9.84 Å². The van der Waals surface area contributed by atoms with E-state index in [0.29, 0.717) is 30.2 Å². The SMILES string of the molecule is O=C(O)CSCC(=O)N1CC[C@H]2NC(=O)N(c3ccc(Oc4ccccc4)cc3)C(=O)[C@H]21. The van der Waals surface area contributed by atoms with Crippen LogP contribution in [-0.4, -0.2) is 64.0 Å². The van der Waals surface area contributed by atoms with Gasteiger partial charge in [0, 0.05) is 6.54 Å². The van der Waals surface area contributed by atoms with Crippen molar-refractivity contribution in [1.29, 1.82) is 0 Å². The fourth-order valence-corrected chi connectivity index (χ4v) is 4.44. The van der Waals surface area contributed by atoms with Crippen LogP contribution in [0.25, 0.3) is 0 Å². The normalized spacial score (nSPS) is 20.0. The molecule has 2 fully saturated rings. The van der Waals surface area contributed by atoms with Gasteiger partial charge < -0.3 is 20.1 Å². The predicted molar refractivity (Wildman–Crippen MR) is 118 cm³/mol. The third kappa shape index (κ3) is 4.54. The van der Waals surface area contributed by atoms with Crippen LogP contribution in [0.15, 0.2) is 54.6 Å². The van der Waals surface area contributed by atoms with Gasteiger partial charge in [0.25, 0.3) is 5.91 Å². The first kappa shape index (κ1) is 21.7. The van der Waals surface area contributed by atoms with Gasteiger partial charge in [-0.25, -0.2) is 9.69 Å². The maximum atomic E-state index is 13.2. The lowest BCUT2D eigenvalue weighted by Crippen LogP contribution is -2.65. The molecule has 0 saturated carbocycles. The third-order valence-electron chi connectivity index (χ3n) is 5.23. The van der Waals surface area contributed by atoms with Crippen molar-refractivity contribution in [2.24, 2.45) is 0 Å². The van der Waals surface area contributed by atoms with Gasteiger partial charge in [0.2, 0.25) is 5.91 Å². The summed E-state index contributed by atoms with van der Waals surface area (Å²) in [5, 5.41) is 11.6. The lowest BCUT2D eigenvalue weighted by atomic mass is 10.0. The average molecular weight is 455 g/mol. The maximum absolute atomic E-state index is 13.2. The molecule has 2 aromatic rings. The number of rotatable bonds is 7. The van der Waals surface area contributed by atoms with Gasteiger partial charge in [-0.05, 0) is 42.8 Å². The van der Waals surface area contributed by atoms with Gasteiger partial charge in [-0.3, -0.25) is 14.4 Å². The molecule has 9 nitrogen and oxygen atoms in total. The smallest absolute Gasteiger partial charge is 0.329 e. The minimum atomic E-state index is -1.01. The monoisotopic (exact) mass is 455 g/mol. The molecular formula is C22H21N3O6S. The van der Waals surface area contributed by atoms with Gasteiger partial charge in [-0.2, -0.15) is 0 Å². The van der Waals surface area contributed by atoms with Crippen LogP contribution in [0, 0.1) is 0 Å². The molecule has 2 saturated heterocycles. The van der Waals surface area contributed by atoms with Crippen molar-refractivity contribution in [1.82, 2.24) is 10.2 Å². The number of carboxylic acid groups (broad SMARTS) is 1. The van der Waals surface area contributed by atoms with Gasteiger partial charge in [-0.1, -0.05) is 18.2 Å². The van der Waals surface area contributed by atoms with Crippen molar-refractivity contribution >= 4 is 41.3 Å². The van der Waals surface area contributed by atoms with E-state index in [-0.39, 0.29) is 17.4 Å². The number of benzene rings is 2. The molecular weight excluding hydrogens is 434 g/mol. The summed E-state index contributed by atoms with van der Waals surface area (Å²) in [4.78, 5) is 51.6. The van der Waals surface area contributed by atoms with E-state index in [0.717, 1.165) is 16.7 Å². The predicted octanol–water partition coefficient (Wildman–Crippen LogP) is 2.32. The Bertz CT molecular complexity index is 1030. The van der Waals surface area contributed by atoms with Crippen LogP contribution >= 0.6 is 11.8 Å². The molecule has 2 aliphatic heterocycles. The van der Waals surface area contributed by atoms with Gasteiger partial charge in [-0.15, -0.1) is 11.8 Å². The minimum Gasteiger partial charge on any atom is -0.481 e. The van der Waals surface area contributed by atoms with Gasteiger partial charge >= 0.3 is 12.0 Å². The lowest BCUT2D eigenvalue weighted by Gasteiger charge is -2.36. The Kier molecular flexibility index (Phi) is 6.31. The Morgan fingerprint density at radius 2 is 1.72 bits per heavy atom. The van der Waals surface area contributed by atoms with E-state index in [1.54, 1.807) is 24.3 Å². The number of imide groups is 1. The van der Waals surface area contributed by atoms with E-state index in [1.165, 1.54) is 4.90 Å². The summed E-state index contributed by atoms with van der Waals surface area (Å²) in [7, 11) is 0. The van der Waals surface area contributed by atoms with Crippen LogP contribution in [0.3, 0.4) is 0 Å². The Morgan fingerprint density at radius 1 is 1.03 bits per heavy atom. The molecule has 0 bridgehead atoms. The molecule has 10 heteroatoms. The fraction of sp³-hybridized carbons (Fsp3) is 0.273. The molecule has 4 amide bonds. The first-order chi connectivity index (χ1) is 15.4. The van der Waals surface area contributed by atoms with E-state index >= 15 is 0 Å². The number of urea groups is 1. The number of amides is 4. The number of carbonyl (C=O) groups is 4. The summed E-state index contributed by atoms with van der Waals surface area (Å²) < 4.78 is 5.75. The number of thioether (sulfide) groups is 1. The topological polar surface area (TPSA) is 116 Å². The molecule has 0 aromatic heterocycles. The molecule has 0 aliphatic carbocycles. The number of nitrogens with zero attached hydrogens (tertiary/aromatic N) is 2. The standard InChI is InChI=1S/C22H21N3O6S/c26-18(12-32-13-19(27)28)24-11-10-17-20(24)21(29)25(22(30)23-17)14-6-8-16(9-7-14)31-15-4-2-1-3-5-15/h1-9,17,20H,10-13H2,(H,23,30)(H,27,28)/t17-,20+/m1/s1. The number of likely N-dealkylation sites (tertiary alicyclic amines) is 1. The molecule has 2 heterocycles. The molecule has 2 atom stereocenters. The van der Waals surface area contributed by atoms with Crippen molar-refractivity contribution in [3.8, 4) is 11.5 Å². The van der Waals surface area contributed by atoms with Crippen molar-refractivity contribution in [3.05, 3.63) is 54.6 Å². The van der Waals surface area contributed by atoms with Crippen LogP contribution in [0.2, 0.25) is 0 Å². The van der Waals surface area contributed by atoms with Crippen LogP contribution < -0.4 is 15.0 Å². The molecule has 2 N–H and O–H groups in total. The Hall–Kier alpha value is -3.53. The summed E-state index contributed by atoms with van der Waals surface area (Å²) in [6.45, 7) is 0.325. The van der Waals surface area contributed by atoms with E-state index in [2.05, 4.69) is 5.32 Å². The first-order valence-electron chi connectivity index (χ1n) is 10.0. The number of ether oxygens (including phenoxy) is 1. The lowest BCUT2D eigenvalue weighted by molar-refractivity contribution is -0.136. The quantitative estimate of drug-likeness (QED) is 0.658. The molecule has 4 rings (SSSR count). The summed E-state index contributed by atoms with van der Waals surface area (Å²) in [6, 6.07) is 14.0. The second kappa shape index (κ2) is 9.31. The summed E-state index contributed by atoms with van der Waals surface area (Å²) in [5.74, 6) is -0.825. The molecule has 2 aromatic carbocycles. The molecule has 2 aliphatic rings. The van der Waals surface area contributed by atoms with Crippen molar-refractivity contribution in [3.63, 3.8) is 0 Å². The number of para-hydroxylation sites is 1. The number of nitrogens with one attached hydrogen (secondary N) is 1. The molecule has 166 valence electrons. The highest BCUT2D eigenvalue weighted by Gasteiger charge is 2.49. The molecule has 0 unspecified atom stereocenters. The Labute approximate surface area is 188 Å². The second-order valence-corrected chi connectivity index (χ2v) is 8.33. The van der Waals surface area contributed by atoms with Crippen molar-refractivity contribution < 1.29 is 29.0 Å². The first-order valence-corrected chi connectivity index (χ1v) is 11.2. The number of hydrogen-bond donors (Lipinski definition) is 2. The minimum absolute atomic E-state index is 0.0394. The highest BCUT2D eigenvalue weighted by Crippen LogP contribution is 2.30. The highest BCUT2D eigenvalue weighted by molar-refractivity contribution is 8.00. The Balaban J connectivity index is 1.47. The van der Waals surface area contributed by atoms with Gasteiger partial charge in [0.1, 0.15) is 17.5 Å². The van der Waals surface area contributed by atoms with E-state index in [9.17, 15) is 19.2 Å². The maximum Gasteiger partial charge on any atom is 0.329 e. The summed E-state index contributed by atoms with van der Waals surface area (Å²) in [6.07, 6.45) is 0.467. The number of aliphatic carboxylic acids is 1. The number of hydrogen-bond acceptors (Lipinski definition) is 6. The van der Waals surface area contributed by atoms with Crippen LogP contribution in [0.1, 0.15) is 6.42 Å². The largest absolute Gasteiger partial charge is 0.481 e. The Morgan fingerprint density at radius 3 is 2.41 bits per heavy atom. The summed E-state index contributed by atoms with van der Waals surface area (Å²) >= 11 is 0.980. The van der Waals surface area contributed by atoms with E-state index < -0.39 is 30.0 Å². The fourth-order valence-electron chi connectivity index (χ4n) is 3.83. The molecule has 0 spiro atoms. The molecule has 32 heavy (non-hydrogen) atoms. The average Bonchev–Trinajstić information content (AvgIpc) is 3.19. The van der Waals surface area contributed by atoms with Crippen LogP contribution in [-0.2, 0) is 14.4 Å². The van der Waals surface area contributed by atoms with Crippen molar-refractivity contribution in [2.45, 2.75) is 18.5 Å². The number of anilines is 1. The third-order valence-corrected chi connectivity index (χ3v) is 6.13. The van der Waals surface area contributed by atoms with Crippen LogP contribution in [0.5, 0.6) is 11.5 Å². The highest BCUT2D eigenvalue weighted by atomic mass is 32.2. The zero-order chi connectivity index (χ0) is 22.7. The van der Waals surface area contributed by atoms with Crippen LogP contribution in [0.4, 0.5) is 10.5 Å². The van der Waals surface area contributed by atoms with Gasteiger partial charge in [0.05, 0.1) is 23.2 Å². The zero-order valence-electron chi connectivity index (χ0n) is 17.0. The number of carbonyl (C=O) groups excluding carboxylic acids is 3. The number of carboxylic acids is 1. The number of fused-ring (bicyclic) bond motifs is 1. The van der Waals surface area contributed by atoms with Gasteiger partial charge in [0.15, 0.2) is 0 Å². The zero-order valence-corrected chi connectivity index (χ0v) is 17.8.